The van der Waals surface area contributed by atoms with Crippen LogP contribution in [0.5, 0.6) is 5.75 Å². The number of methoxy groups -OCH3 is 1. The van der Waals surface area contributed by atoms with E-state index in [0.717, 1.165) is 5.69 Å². The number of likely N-dealkylation sites (N-methyl/N-ethyl adjacent to an activating group) is 1. The summed E-state index contributed by atoms with van der Waals surface area (Å²) in [6.45, 7) is 2.87. The number of Topliss-reactive ketones (excluding diaryl/α,β-unsaturated/α-hetero) is 1. The van der Waals surface area contributed by atoms with E-state index in [1.165, 1.54) is 12.1 Å². The highest BCUT2D eigenvalue weighted by molar-refractivity contribution is 5.99. The summed E-state index contributed by atoms with van der Waals surface area (Å²) in [6, 6.07) is 13.2. The fraction of sp³-hybridized carbons (Fsp3) is 0.235. The summed E-state index contributed by atoms with van der Waals surface area (Å²) >= 11 is 0. The summed E-state index contributed by atoms with van der Waals surface area (Å²) in [6.07, 6.45) is 0. The Morgan fingerprint density at radius 2 is 1.90 bits per heavy atom. The second kappa shape index (κ2) is 6.88. The van der Waals surface area contributed by atoms with Gasteiger partial charge in [0.1, 0.15) is 11.6 Å². The van der Waals surface area contributed by atoms with Crippen LogP contribution in [0.1, 0.15) is 17.3 Å². The zero-order valence-corrected chi connectivity index (χ0v) is 12.2. The fourth-order valence-corrected chi connectivity index (χ4v) is 2.10. The van der Waals surface area contributed by atoms with Crippen molar-refractivity contribution in [2.24, 2.45) is 0 Å². The maximum Gasteiger partial charge on any atom is 0.182 e. The van der Waals surface area contributed by atoms with E-state index in [1.807, 2.05) is 11.8 Å². The van der Waals surface area contributed by atoms with Crippen molar-refractivity contribution in [2.45, 2.75) is 6.92 Å². The molecule has 2 aromatic rings. The first kappa shape index (κ1) is 15.0. The predicted molar refractivity (Wildman–Crippen MR) is 81.6 cm³/mol. The van der Waals surface area contributed by atoms with Crippen molar-refractivity contribution in [1.82, 2.24) is 0 Å². The van der Waals surface area contributed by atoms with Crippen molar-refractivity contribution < 1.29 is 13.9 Å². The van der Waals surface area contributed by atoms with Gasteiger partial charge in [0, 0.05) is 17.8 Å². The Hall–Kier alpha value is -2.36. The van der Waals surface area contributed by atoms with Gasteiger partial charge in [-0.2, -0.15) is 0 Å². The predicted octanol–water partition coefficient (Wildman–Crippen LogP) is 3.54. The maximum absolute atomic E-state index is 13.0. The van der Waals surface area contributed by atoms with Crippen LogP contribution in [0, 0.1) is 5.82 Å². The highest BCUT2D eigenvalue weighted by Gasteiger charge is 2.12. The number of hydrogen-bond acceptors (Lipinski definition) is 3. The lowest BCUT2D eigenvalue weighted by Gasteiger charge is -2.22. The minimum absolute atomic E-state index is 0.0000694. The Balaban J connectivity index is 2.14. The maximum atomic E-state index is 13.0. The molecular weight excluding hydrogens is 269 g/mol. The number of hydrogen-bond donors (Lipinski definition) is 0. The third kappa shape index (κ3) is 3.81. The zero-order valence-electron chi connectivity index (χ0n) is 12.2. The largest absolute Gasteiger partial charge is 0.497 e. The van der Waals surface area contributed by atoms with Gasteiger partial charge < -0.3 is 9.64 Å². The molecule has 0 unspecified atom stereocenters. The SMILES string of the molecule is CCN(CC(=O)c1cccc(OC)c1)c1ccc(F)cc1. The van der Waals surface area contributed by atoms with Crippen molar-refractivity contribution in [2.75, 3.05) is 25.1 Å². The second-order valence-electron chi connectivity index (χ2n) is 4.65. The van der Waals surface area contributed by atoms with Crippen molar-refractivity contribution in [3.8, 4) is 5.75 Å². The molecular formula is C17H18FNO2. The topological polar surface area (TPSA) is 29.5 Å². The molecule has 0 bridgehead atoms. The lowest BCUT2D eigenvalue weighted by Crippen LogP contribution is -2.29. The molecule has 0 fully saturated rings. The molecule has 21 heavy (non-hydrogen) atoms. The number of carbonyl (C=O) groups is 1. The summed E-state index contributed by atoms with van der Waals surface area (Å²) < 4.78 is 18.1. The zero-order chi connectivity index (χ0) is 15.2. The summed E-state index contributed by atoms with van der Waals surface area (Å²) in [5.41, 5.74) is 1.44. The molecule has 0 saturated carbocycles. The van der Waals surface area contributed by atoms with Gasteiger partial charge in [0.05, 0.1) is 13.7 Å². The van der Waals surface area contributed by atoms with Gasteiger partial charge in [-0.05, 0) is 43.3 Å². The van der Waals surface area contributed by atoms with Crippen molar-refractivity contribution in [3.63, 3.8) is 0 Å². The van der Waals surface area contributed by atoms with E-state index in [1.54, 1.807) is 43.5 Å². The number of ketones is 1. The average molecular weight is 287 g/mol. The molecule has 0 heterocycles. The van der Waals surface area contributed by atoms with Crippen LogP contribution >= 0.6 is 0 Å². The molecule has 0 aliphatic heterocycles. The smallest absolute Gasteiger partial charge is 0.182 e. The summed E-state index contributed by atoms with van der Waals surface area (Å²) in [5, 5.41) is 0. The summed E-state index contributed by atoms with van der Waals surface area (Å²) in [5.74, 6) is 0.375. The van der Waals surface area contributed by atoms with Crippen LogP contribution in [-0.4, -0.2) is 26.0 Å². The van der Waals surface area contributed by atoms with E-state index >= 15 is 0 Å². The van der Waals surface area contributed by atoms with Gasteiger partial charge in [0.25, 0.3) is 0 Å². The molecule has 0 N–H and O–H groups in total. The molecule has 0 aliphatic carbocycles. The Bertz CT molecular complexity index is 610. The molecule has 2 rings (SSSR count). The van der Waals surface area contributed by atoms with Crippen molar-refractivity contribution in [1.29, 1.82) is 0 Å². The highest BCUT2D eigenvalue weighted by atomic mass is 19.1. The first-order valence-corrected chi connectivity index (χ1v) is 6.81. The molecule has 4 heteroatoms. The normalized spacial score (nSPS) is 10.2. The molecule has 0 aromatic heterocycles. The number of halogens is 1. The number of rotatable bonds is 6. The molecule has 110 valence electrons. The van der Waals surface area contributed by atoms with Gasteiger partial charge in [0.2, 0.25) is 0 Å². The molecule has 0 saturated heterocycles. The minimum Gasteiger partial charge on any atom is -0.497 e. The third-order valence-electron chi connectivity index (χ3n) is 3.30. The first-order chi connectivity index (χ1) is 10.1. The van der Waals surface area contributed by atoms with Gasteiger partial charge in [-0.1, -0.05) is 12.1 Å². The third-order valence-corrected chi connectivity index (χ3v) is 3.30. The van der Waals surface area contributed by atoms with Crippen LogP contribution in [0.4, 0.5) is 10.1 Å². The van der Waals surface area contributed by atoms with Crippen LogP contribution in [0.25, 0.3) is 0 Å². The molecule has 2 aromatic carbocycles. The molecule has 0 aliphatic rings. The number of carbonyl (C=O) groups excluding carboxylic acids is 1. The Morgan fingerprint density at radius 3 is 2.52 bits per heavy atom. The highest BCUT2D eigenvalue weighted by Crippen LogP contribution is 2.17. The van der Waals surface area contributed by atoms with E-state index in [4.69, 9.17) is 4.74 Å². The van der Waals surface area contributed by atoms with Crippen LogP contribution < -0.4 is 9.64 Å². The summed E-state index contributed by atoms with van der Waals surface area (Å²) in [7, 11) is 1.57. The van der Waals surface area contributed by atoms with E-state index in [-0.39, 0.29) is 18.1 Å². The molecule has 0 spiro atoms. The lowest BCUT2D eigenvalue weighted by atomic mass is 10.1. The van der Waals surface area contributed by atoms with E-state index in [2.05, 4.69) is 0 Å². The van der Waals surface area contributed by atoms with Crippen molar-refractivity contribution in [3.05, 3.63) is 59.9 Å². The van der Waals surface area contributed by atoms with Crippen LogP contribution in [-0.2, 0) is 0 Å². The van der Waals surface area contributed by atoms with Gasteiger partial charge >= 0.3 is 0 Å². The van der Waals surface area contributed by atoms with Crippen LogP contribution in [0.3, 0.4) is 0 Å². The first-order valence-electron chi connectivity index (χ1n) is 6.81. The molecule has 0 amide bonds. The average Bonchev–Trinajstić information content (AvgIpc) is 2.53. The Morgan fingerprint density at radius 1 is 1.19 bits per heavy atom. The van der Waals surface area contributed by atoms with E-state index in [9.17, 15) is 9.18 Å². The number of anilines is 1. The molecule has 0 radical (unpaired) electrons. The second-order valence-corrected chi connectivity index (χ2v) is 4.65. The fourth-order valence-electron chi connectivity index (χ4n) is 2.10. The van der Waals surface area contributed by atoms with Gasteiger partial charge in [-0.15, -0.1) is 0 Å². The molecule has 3 nitrogen and oxygen atoms in total. The Kier molecular flexibility index (Phi) is 4.93. The summed E-state index contributed by atoms with van der Waals surface area (Å²) in [4.78, 5) is 14.3. The van der Waals surface area contributed by atoms with E-state index in [0.29, 0.717) is 17.9 Å². The Labute approximate surface area is 124 Å². The quantitative estimate of drug-likeness (QED) is 0.761. The van der Waals surface area contributed by atoms with E-state index < -0.39 is 0 Å². The monoisotopic (exact) mass is 287 g/mol. The van der Waals surface area contributed by atoms with Crippen LogP contribution in [0.15, 0.2) is 48.5 Å². The minimum atomic E-state index is -0.283. The molecule has 0 atom stereocenters. The van der Waals surface area contributed by atoms with Crippen molar-refractivity contribution >= 4 is 11.5 Å². The van der Waals surface area contributed by atoms with Gasteiger partial charge in [-0.3, -0.25) is 4.79 Å². The number of benzene rings is 2. The van der Waals surface area contributed by atoms with Gasteiger partial charge in [0.15, 0.2) is 5.78 Å². The lowest BCUT2D eigenvalue weighted by molar-refractivity contribution is 0.0999. The number of ether oxygens (including phenoxy) is 1. The number of nitrogens with zero attached hydrogens (tertiary/aromatic N) is 1. The van der Waals surface area contributed by atoms with Crippen LogP contribution in [0.2, 0.25) is 0 Å². The standard InChI is InChI=1S/C17H18FNO2/c1-3-19(15-9-7-14(18)8-10-15)12-17(20)13-5-4-6-16(11-13)21-2/h4-11H,3,12H2,1-2H3. The van der Waals surface area contributed by atoms with Gasteiger partial charge in [-0.25, -0.2) is 4.39 Å².